The number of benzene rings is 2. The fourth-order valence-corrected chi connectivity index (χ4v) is 4.02. The second kappa shape index (κ2) is 9.21. The lowest BCUT2D eigenvalue weighted by Crippen LogP contribution is -2.52. The quantitative estimate of drug-likeness (QED) is 0.685. The van der Waals surface area contributed by atoms with Gasteiger partial charge in [-0.1, -0.05) is 48.5 Å². The molecule has 0 atom stereocenters. The van der Waals surface area contributed by atoms with Gasteiger partial charge in [0, 0.05) is 18.7 Å². The number of hydrogen-bond acceptors (Lipinski definition) is 4. The van der Waals surface area contributed by atoms with Crippen molar-refractivity contribution in [2.75, 3.05) is 26.2 Å². The van der Waals surface area contributed by atoms with Gasteiger partial charge in [0.05, 0.1) is 18.5 Å². The van der Waals surface area contributed by atoms with Gasteiger partial charge in [-0.2, -0.15) is 0 Å². The molecule has 0 spiro atoms. The van der Waals surface area contributed by atoms with Gasteiger partial charge in [0.2, 0.25) is 5.91 Å². The normalized spacial score (nSPS) is 16.4. The lowest BCUT2D eigenvalue weighted by molar-refractivity contribution is -0.159. The SMILES string of the molecule is O=C(CNC(=O)c1ccccc1)NCC(=O)N1CCCN1C(=O)C1(c2ccccc2)CC1. The van der Waals surface area contributed by atoms with Crippen LogP contribution in [0.5, 0.6) is 0 Å². The molecule has 0 aromatic heterocycles. The molecule has 2 aliphatic rings. The third-order valence-electron chi connectivity index (χ3n) is 5.92. The molecule has 2 N–H and O–H groups in total. The summed E-state index contributed by atoms with van der Waals surface area (Å²) in [5, 5.41) is 8.03. The van der Waals surface area contributed by atoms with E-state index >= 15 is 0 Å². The third kappa shape index (κ3) is 4.49. The Labute approximate surface area is 186 Å². The highest BCUT2D eigenvalue weighted by molar-refractivity contribution is 5.97. The zero-order valence-electron chi connectivity index (χ0n) is 17.8. The monoisotopic (exact) mass is 434 g/mol. The van der Waals surface area contributed by atoms with Gasteiger partial charge in [0.25, 0.3) is 17.7 Å². The van der Waals surface area contributed by atoms with Crippen molar-refractivity contribution in [2.24, 2.45) is 0 Å². The van der Waals surface area contributed by atoms with E-state index in [-0.39, 0.29) is 30.8 Å². The number of hydrogen-bond donors (Lipinski definition) is 2. The van der Waals surface area contributed by atoms with Crippen LogP contribution in [0, 0.1) is 0 Å². The van der Waals surface area contributed by atoms with E-state index in [1.165, 1.54) is 10.0 Å². The minimum atomic E-state index is -0.547. The molecule has 1 aliphatic heterocycles. The van der Waals surface area contributed by atoms with Crippen molar-refractivity contribution in [2.45, 2.75) is 24.7 Å². The molecule has 2 fully saturated rings. The van der Waals surface area contributed by atoms with Crippen molar-refractivity contribution < 1.29 is 19.2 Å². The molecule has 0 radical (unpaired) electrons. The van der Waals surface area contributed by atoms with Crippen LogP contribution in [0.4, 0.5) is 0 Å². The fraction of sp³-hybridized carbons (Fsp3) is 0.333. The fourth-order valence-electron chi connectivity index (χ4n) is 4.02. The van der Waals surface area contributed by atoms with E-state index < -0.39 is 11.3 Å². The smallest absolute Gasteiger partial charge is 0.260 e. The van der Waals surface area contributed by atoms with E-state index in [0.29, 0.717) is 25.1 Å². The number of rotatable bonds is 7. The molecule has 4 amide bonds. The number of nitrogens with one attached hydrogen (secondary N) is 2. The standard InChI is InChI=1S/C24H26N4O4/c29-20(16-26-22(31)18-8-3-1-4-9-18)25-17-21(30)27-14-7-15-28(27)23(32)24(12-13-24)19-10-5-2-6-11-19/h1-6,8-11H,7,12-17H2,(H,25,29)(H,26,31). The highest BCUT2D eigenvalue weighted by atomic mass is 16.2. The summed E-state index contributed by atoms with van der Waals surface area (Å²) in [7, 11) is 0. The number of nitrogens with zero attached hydrogens (tertiary/aromatic N) is 2. The van der Waals surface area contributed by atoms with E-state index in [4.69, 9.17) is 0 Å². The summed E-state index contributed by atoms with van der Waals surface area (Å²) >= 11 is 0. The molecule has 0 unspecified atom stereocenters. The van der Waals surface area contributed by atoms with Crippen molar-refractivity contribution in [1.29, 1.82) is 0 Å². The molecule has 8 heteroatoms. The first-order chi connectivity index (χ1) is 15.5. The van der Waals surface area contributed by atoms with E-state index in [9.17, 15) is 19.2 Å². The lowest BCUT2D eigenvalue weighted by Gasteiger charge is -2.31. The summed E-state index contributed by atoms with van der Waals surface area (Å²) < 4.78 is 0. The first kappa shape index (κ1) is 21.5. The highest BCUT2D eigenvalue weighted by Gasteiger charge is 2.54. The van der Waals surface area contributed by atoms with E-state index in [0.717, 1.165) is 18.4 Å². The van der Waals surface area contributed by atoms with Gasteiger partial charge in [-0.15, -0.1) is 0 Å². The van der Waals surface area contributed by atoms with Crippen molar-refractivity contribution >= 4 is 23.6 Å². The minimum absolute atomic E-state index is 0.0593. The zero-order valence-corrected chi connectivity index (χ0v) is 17.8. The molecule has 2 aromatic rings. The molecule has 8 nitrogen and oxygen atoms in total. The Morgan fingerprint density at radius 3 is 2.06 bits per heavy atom. The van der Waals surface area contributed by atoms with Crippen LogP contribution < -0.4 is 10.6 Å². The molecular weight excluding hydrogens is 408 g/mol. The molecular formula is C24H26N4O4. The summed E-state index contributed by atoms with van der Waals surface area (Å²) in [6.07, 6.45) is 2.24. The maximum absolute atomic E-state index is 13.3. The van der Waals surface area contributed by atoms with Crippen molar-refractivity contribution in [1.82, 2.24) is 20.7 Å². The van der Waals surface area contributed by atoms with Crippen LogP contribution in [-0.4, -0.2) is 59.8 Å². The molecule has 4 rings (SSSR count). The Bertz CT molecular complexity index is 1010. The summed E-state index contributed by atoms with van der Waals surface area (Å²) in [4.78, 5) is 50.1. The van der Waals surface area contributed by atoms with Crippen LogP contribution in [0.1, 0.15) is 35.2 Å². The topological polar surface area (TPSA) is 98.8 Å². The van der Waals surface area contributed by atoms with Crippen LogP contribution in [0.2, 0.25) is 0 Å². The molecule has 1 saturated carbocycles. The Kier molecular flexibility index (Phi) is 6.20. The molecule has 1 aliphatic carbocycles. The van der Waals surface area contributed by atoms with Crippen LogP contribution in [-0.2, 0) is 19.8 Å². The summed E-state index contributed by atoms with van der Waals surface area (Å²) in [6.45, 7) is 0.458. The Hall–Kier alpha value is -3.68. The Morgan fingerprint density at radius 1 is 0.781 bits per heavy atom. The second-order valence-electron chi connectivity index (χ2n) is 8.07. The van der Waals surface area contributed by atoms with E-state index in [1.54, 1.807) is 30.3 Å². The van der Waals surface area contributed by atoms with E-state index in [2.05, 4.69) is 10.6 Å². The van der Waals surface area contributed by atoms with Crippen molar-refractivity contribution in [3.8, 4) is 0 Å². The maximum atomic E-state index is 13.3. The molecule has 1 heterocycles. The minimum Gasteiger partial charge on any atom is -0.345 e. The predicted molar refractivity (Wildman–Crippen MR) is 117 cm³/mol. The van der Waals surface area contributed by atoms with Gasteiger partial charge in [-0.25, -0.2) is 5.01 Å². The van der Waals surface area contributed by atoms with Crippen molar-refractivity contribution in [3.05, 3.63) is 71.8 Å². The van der Waals surface area contributed by atoms with Crippen LogP contribution in [0.15, 0.2) is 60.7 Å². The van der Waals surface area contributed by atoms with E-state index in [1.807, 2.05) is 30.3 Å². The summed E-state index contributed by atoms with van der Waals surface area (Å²) in [5.74, 6) is -1.24. The van der Waals surface area contributed by atoms with Gasteiger partial charge >= 0.3 is 0 Å². The average molecular weight is 434 g/mol. The largest absolute Gasteiger partial charge is 0.345 e. The van der Waals surface area contributed by atoms with Crippen LogP contribution >= 0.6 is 0 Å². The van der Waals surface area contributed by atoms with Gasteiger partial charge in [0.15, 0.2) is 0 Å². The maximum Gasteiger partial charge on any atom is 0.260 e. The third-order valence-corrected chi connectivity index (χ3v) is 5.92. The van der Waals surface area contributed by atoms with Crippen LogP contribution in [0.25, 0.3) is 0 Å². The lowest BCUT2D eigenvalue weighted by atomic mass is 9.95. The summed E-state index contributed by atoms with van der Waals surface area (Å²) in [5.41, 5.74) is 0.886. The number of hydrazine groups is 1. The molecule has 32 heavy (non-hydrogen) atoms. The van der Waals surface area contributed by atoms with Crippen molar-refractivity contribution in [3.63, 3.8) is 0 Å². The number of carbonyl (C=O) groups is 4. The van der Waals surface area contributed by atoms with Gasteiger partial charge in [0.1, 0.15) is 0 Å². The summed E-state index contributed by atoms with van der Waals surface area (Å²) in [6, 6.07) is 18.2. The number of carbonyl (C=O) groups excluding carboxylic acids is 4. The molecule has 2 aromatic carbocycles. The molecule has 1 saturated heterocycles. The molecule has 166 valence electrons. The first-order valence-electron chi connectivity index (χ1n) is 10.8. The average Bonchev–Trinajstić information content (AvgIpc) is 3.51. The van der Waals surface area contributed by atoms with Gasteiger partial charge in [-0.3, -0.25) is 24.2 Å². The first-order valence-corrected chi connectivity index (χ1v) is 10.8. The van der Waals surface area contributed by atoms with Gasteiger partial charge in [-0.05, 0) is 37.0 Å². The Morgan fingerprint density at radius 2 is 1.41 bits per heavy atom. The van der Waals surface area contributed by atoms with Crippen LogP contribution in [0.3, 0.4) is 0 Å². The predicted octanol–water partition coefficient (Wildman–Crippen LogP) is 1.24. The Balaban J connectivity index is 1.29. The van der Waals surface area contributed by atoms with Gasteiger partial charge < -0.3 is 10.6 Å². The number of amides is 4. The highest BCUT2D eigenvalue weighted by Crippen LogP contribution is 2.50. The molecule has 0 bridgehead atoms. The second-order valence-corrected chi connectivity index (χ2v) is 8.07. The zero-order chi connectivity index (χ0) is 22.6.